The van der Waals surface area contributed by atoms with Crippen molar-refractivity contribution in [3.63, 3.8) is 0 Å². The van der Waals surface area contributed by atoms with Gasteiger partial charge in [0.2, 0.25) is 0 Å². The van der Waals surface area contributed by atoms with Crippen molar-refractivity contribution in [3.05, 3.63) is 78.9 Å². The number of para-hydroxylation sites is 1. The Hall–Kier alpha value is -2.35. The number of allylic oxidation sites excluding steroid dienone is 5. The molecule has 19 heavy (non-hydrogen) atoms. The summed E-state index contributed by atoms with van der Waals surface area (Å²) in [4.78, 5) is 4.47. The number of hydrogen-bond donors (Lipinski definition) is 0. The molecular weight excluding hydrogens is 232 g/mol. The quantitative estimate of drug-likeness (QED) is 0.735. The molecule has 2 nitrogen and oxygen atoms in total. The summed E-state index contributed by atoms with van der Waals surface area (Å²) in [6, 6.07) is 10.2. The molecule has 0 aliphatic heterocycles. The minimum atomic E-state index is 0.923. The normalized spacial score (nSPS) is 12.0. The lowest BCUT2D eigenvalue weighted by atomic mass is 10.1. The molecule has 0 bridgehead atoms. The van der Waals surface area contributed by atoms with Gasteiger partial charge in [0.05, 0.1) is 0 Å². The van der Waals surface area contributed by atoms with Crippen molar-refractivity contribution in [2.24, 2.45) is 0 Å². The largest absolute Gasteiger partial charge is 0.300 e. The average Bonchev–Trinajstić information content (AvgIpc) is 2.88. The van der Waals surface area contributed by atoms with E-state index in [0.29, 0.717) is 0 Å². The Labute approximate surface area is 114 Å². The second kappa shape index (κ2) is 6.01. The van der Waals surface area contributed by atoms with Crippen LogP contribution in [0.3, 0.4) is 0 Å². The molecule has 0 radical (unpaired) electrons. The van der Waals surface area contributed by atoms with E-state index in [2.05, 4.69) is 34.3 Å². The van der Waals surface area contributed by atoms with Gasteiger partial charge >= 0.3 is 0 Å². The van der Waals surface area contributed by atoms with E-state index in [0.717, 1.165) is 22.7 Å². The summed E-state index contributed by atoms with van der Waals surface area (Å²) in [5, 5.41) is 0. The van der Waals surface area contributed by atoms with Crippen LogP contribution >= 0.6 is 0 Å². The van der Waals surface area contributed by atoms with Gasteiger partial charge in [0.1, 0.15) is 5.82 Å². The molecule has 0 N–H and O–H groups in total. The minimum absolute atomic E-state index is 0.923. The first kappa shape index (κ1) is 13.1. The van der Waals surface area contributed by atoms with Crippen molar-refractivity contribution in [1.82, 2.24) is 9.55 Å². The lowest BCUT2D eigenvalue weighted by Crippen LogP contribution is -1.99. The van der Waals surface area contributed by atoms with Gasteiger partial charge in [-0.3, -0.25) is 4.57 Å². The Morgan fingerprint density at radius 3 is 2.63 bits per heavy atom. The number of nitrogens with zero attached hydrogens (tertiary/aromatic N) is 2. The van der Waals surface area contributed by atoms with Gasteiger partial charge in [-0.1, -0.05) is 42.5 Å². The van der Waals surface area contributed by atoms with Crippen LogP contribution in [0.2, 0.25) is 0 Å². The van der Waals surface area contributed by atoms with Crippen molar-refractivity contribution in [2.75, 3.05) is 0 Å². The van der Waals surface area contributed by atoms with Crippen LogP contribution < -0.4 is 0 Å². The highest BCUT2D eigenvalue weighted by molar-refractivity contribution is 5.73. The van der Waals surface area contributed by atoms with Gasteiger partial charge in [0.25, 0.3) is 0 Å². The van der Waals surface area contributed by atoms with Crippen molar-refractivity contribution in [1.29, 1.82) is 0 Å². The van der Waals surface area contributed by atoms with E-state index in [9.17, 15) is 0 Å². The molecule has 0 fully saturated rings. The van der Waals surface area contributed by atoms with Crippen LogP contribution in [-0.4, -0.2) is 9.55 Å². The minimum Gasteiger partial charge on any atom is -0.300 e. The second-order valence-electron chi connectivity index (χ2n) is 4.40. The third kappa shape index (κ3) is 3.10. The van der Waals surface area contributed by atoms with Crippen LogP contribution in [0.1, 0.15) is 19.7 Å². The molecule has 1 aromatic heterocycles. The molecule has 2 aromatic rings. The maximum Gasteiger partial charge on any atom is 0.144 e. The van der Waals surface area contributed by atoms with E-state index in [1.807, 2.05) is 56.6 Å². The van der Waals surface area contributed by atoms with Gasteiger partial charge < -0.3 is 0 Å². The predicted octanol–water partition coefficient (Wildman–Crippen LogP) is 4.41. The van der Waals surface area contributed by atoms with Crippen LogP contribution in [0.5, 0.6) is 0 Å². The molecule has 0 saturated carbocycles. The number of imidazole rings is 1. The van der Waals surface area contributed by atoms with E-state index in [4.69, 9.17) is 0 Å². The molecule has 0 atom stereocenters. The maximum absolute atomic E-state index is 4.47. The molecule has 2 heteroatoms. The van der Waals surface area contributed by atoms with Crippen molar-refractivity contribution >= 4 is 5.57 Å². The lowest BCUT2D eigenvalue weighted by Gasteiger charge is -2.08. The number of benzene rings is 1. The fraction of sp³-hybridized carbons (Fsp3) is 0.118. The summed E-state index contributed by atoms with van der Waals surface area (Å²) in [7, 11) is 0. The van der Waals surface area contributed by atoms with E-state index >= 15 is 0 Å². The summed E-state index contributed by atoms with van der Waals surface area (Å²) in [6.07, 6.45) is 9.90. The van der Waals surface area contributed by atoms with Crippen molar-refractivity contribution in [2.45, 2.75) is 13.8 Å². The number of aromatic nitrogens is 2. The Morgan fingerprint density at radius 1 is 1.26 bits per heavy atom. The van der Waals surface area contributed by atoms with E-state index in [1.165, 1.54) is 0 Å². The van der Waals surface area contributed by atoms with Gasteiger partial charge in [0.15, 0.2) is 0 Å². The first-order chi connectivity index (χ1) is 9.22. The first-order valence-corrected chi connectivity index (χ1v) is 6.31. The van der Waals surface area contributed by atoms with E-state index < -0.39 is 0 Å². The van der Waals surface area contributed by atoms with Gasteiger partial charge in [-0.05, 0) is 32.1 Å². The molecule has 0 spiro atoms. The van der Waals surface area contributed by atoms with Gasteiger partial charge in [0, 0.05) is 23.7 Å². The zero-order valence-corrected chi connectivity index (χ0v) is 11.4. The molecule has 0 unspecified atom stereocenters. The molecular formula is C17H18N2. The fourth-order valence-electron chi connectivity index (χ4n) is 1.95. The Bertz CT molecular complexity index is 616. The molecule has 1 heterocycles. The van der Waals surface area contributed by atoms with Crippen LogP contribution in [0.4, 0.5) is 0 Å². The fourth-order valence-corrected chi connectivity index (χ4v) is 1.95. The molecule has 1 aromatic carbocycles. The topological polar surface area (TPSA) is 17.8 Å². The lowest BCUT2D eigenvalue weighted by molar-refractivity contribution is 1.02. The highest BCUT2D eigenvalue weighted by atomic mass is 15.1. The summed E-state index contributed by atoms with van der Waals surface area (Å²) in [5.41, 5.74) is 3.17. The van der Waals surface area contributed by atoms with Crippen LogP contribution in [0, 0.1) is 0 Å². The van der Waals surface area contributed by atoms with E-state index in [-0.39, 0.29) is 0 Å². The standard InChI is InChI=1S/C17H18N2/c1-4-8-15(13-14(2)3)17-18-11-12-19(17)16-9-6-5-7-10-16/h4-13H,2H2,1,3H3/b8-4-,15-13+. The summed E-state index contributed by atoms with van der Waals surface area (Å²) in [6.45, 7) is 7.93. The smallest absolute Gasteiger partial charge is 0.144 e. The zero-order valence-electron chi connectivity index (χ0n) is 11.4. The number of rotatable bonds is 4. The third-order valence-electron chi connectivity index (χ3n) is 2.68. The average molecular weight is 250 g/mol. The maximum atomic E-state index is 4.47. The second-order valence-corrected chi connectivity index (χ2v) is 4.40. The molecule has 96 valence electrons. The SMILES string of the molecule is C=C(C)/C=C(\C=C/C)c1nccn1-c1ccccc1. The van der Waals surface area contributed by atoms with Crippen molar-refractivity contribution < 1.29 is 0 Å². The van der Waals surface area contributed by atoms with Crippen LogP contribution in [-0.2, 0) is 0 Å². The Morgan fingerprint density at radius 2 is 2.00 bits per heavy atom. The molecule has 0 amide bonds. The predicted molar refractivity (Wildman–Crippen MR) is 81.2 cm³/mol. The summed E-state index contributed by atoms with van der Waals surface area (Å²) >= 11 is 0. The molecule has 2 rings (SSSR count). The molecule has 0 aliphatic rings. The highest BCUT2D eigenvalue weighted by Crippen LogP contribution is 2.20. The third-order valence-corrected chi connectivity index (χ3v) is 2.68. The van der Waals surface area contributed by atoms with Gasteiger partial charge in [-0.15, -0.1) is 0 Å². The van der Waals surface area contributed by atoms with E-state index in [1.54, 1.807) is 0 Å². The Balaban J connectivity index is 2.52. The van der Waals surface area contributed by atoms with Crippen molar-refractivity contribution in [3.8, 4) is 5.69 Å². The van der Waals surface area contributed by atoms with Gasteiger partial charge in [-0.2, -0.15) is 0 Å². The summed E-state index contributed by atoms with van der Waals surface area (Å²) < 4.78 is 2.08. The number of hydrogen-bond acceptors (Lipinski definition) is 1. The Kier molecular flexibility index (Phi) is 4.14. The van der Waals surface area contributed by atoms with Crippen LogP contribution in [0.15, 0.2) is 73.1 Å². The monoisotopic (exact) mass is 250 g/mol. The molecule has 0 aliphatic carbocycles. The summed E-state index contributed by atoms with van der Waals surface area (Å²) in [5.74, 6) is 0.923. The molecule has 0 saturated heterocycles. The zero-order chi connectivity index (χ0) is 13.7. The van der Waals surface area contributed by atoms with Crippen LogP contribution in [0.25, 0.3) is 11.3 Å². The first-order valence-electron chi connectivity index (χ1n) is 6.31. The highest BCUT2D eigenvalue weighted by Gasteiger charge is 2.07. The van der Waals surface area contributed by atoms with Gasteiger partial charge in [-0.25, -0.2) is 4.98 Å².